The summed E-state index contributed by atoms with van der Waals surface area (Å²) in [6.45, 7) is 0.339. The van der Waals surface area contributed by atoms with Gasteiger partial charge >= 0.3 is 0 Å². The third-order valence-electron chi connectivity index (χ3n) is 2.32. The van der Waals surface area contributed by atoms with Crippen LogP contribution in [-0.4, -0.2) is 16.1 Å². The zero-order chi connectivity index (χ0) is 13.1. The Hall–Kier alpha value is -1.34. The van der Waals surface area contributed by atoms with Gasteiger partial charge in [-0.2, -0.15) is 5.10 Å². The SMILES string of the molecule is Nc1[nH]ncc1CNC(=O)c1cc(Br)cc(Br)c1. The van der Waals surface area contributed by atoms with Crippen molar-refractivity contribution >= 4 is 43.6 Å². The van der Waals surface area contributed by atoms with Crippen LogP contribution in [0.5, 0.6) is 0 Å². The Morgan fingerprint density at radius 1 is 1.33 bits per heavy atom. The standard InChI is InChI=1S/C11H10Br2N4O/c12-8-1-6(2-9(13)3-8)11(18)15-4-7-5-16-17-10(7)14/h1-3,5H,4H2,(H,15,18)(H3,14,16,17). The van der Waals surface area contributed by atoms with E-state index in [0.717, 1.165) is 14.5 Å². The minimum Gasteiger partial charge on any atom is -0.384 e. The summed E-state index contributed by atoms with van der Waals surface area (Å²) in [5.74, 6) is 0.295. The number of hydrogen-bond acceptors (Lipinski definition) is 3. The summed E-state index contributed by atoms with van der Waals surface area (Å²) in [5, 5.41) is 9.17. The minimum absolute atomic E-state index is 0.169. The number of amides is 1. The summed E-state index contributed by atoms with van der Waals surface area (Å²) in [6.07, 6.45) is 1.59. The maximum absolute atomic E-state index is 11.9. The number of nitrogens with two attached hydrogens (primary N) is 1. The van der Waals surface area contributed by atoms with E-state index in [-0.39, 0.29) is 5.91 Å². The van der Waals surface area contributed by atoms with Crippen molar-refractivity contribution in [1.29, 1.82) is 0 Å². The Labute approximate surface area is 120 Å². The molecule has 0 aliphatic carbocycles. The number of H-pyrrole nitrogens is 1. The van der Waals surface area contributed by atoms with Crippen LogP contribution in [0.4, 0.5) is 5.82 Å². The second-order valence-corrected chi connectivity index (χ2v) is 5.48. The number of nitrogens with one attached hydrogen (secondary N) is 2. The molecule has 4 N–H and O–H groups in total. The highest BCUT2D eigenvalue weighted by atomic mass is 79.9. The van der Waals surface area contributed by atoms with Gasteiger partial charge in [-0.3, -0.25) is 9.89 Å². The fourth-order valence-electron chi connectivity index (χ4n) is 1.42. The van der Waals surface area contributed by atoms with Crippen molar-refractivity contribution in [2.24, 2.45) is 0 Å². The number of benzene rings is 1. The normalized spacial score (nSPS) is 10.3. The van der Waals surface area contributed by atoms with Gasteiger partial charge in [-0.05, 0) is 18.2 Å². The van der Waals surface area contributed by atoms with E-state index in [1.807, 2.05) is 6.07 Å². The molecule has 2 rings (SSSR count). The van der Waals surface area contributed by atoms with Crippen molar-refractivity contribution in [1.82, 2.24) is 15.5 Å². The van der Waals surface area contributed by atoms with Crippen molar-refractivity contribution in [3.05, 3.63) is 44.5 Å². The zero-order valence-corrected chi connectivity index (χ0v) is 12.4. The van der Waals surface area contributed by atoms with Gasteiger partial charge in [0.1, 0.15) is 5.82 Å². The van der Waals surface area contributed by atoms with Crippen LogP contribution in [0.2, 0.25) is 0 Å². The predicted octanol–water partition coefficient (Wildman–Crippen LogP) is 2.45. The summed E-state index contributed by atoms with van der Waals surface area (Å²) in [5.41, 5.74) is 6.96. The molecule has 7 heteroatoms. The number of halogens is 2. The Kier molecular flexibility index (Phi) is 4.03. The van der Waals surface area contributed by atoms with Gasteiger partial charge in [-0.1, -0.05) is 31.9 Å². The Bertz CT molecular complexity index is 562. The molecule has 1 heterocycles. The molecule has 94 valence electrons. The first-order valence-electron chi connectivity index (χ1n) is 5.08. The molecule has 0 saturated heterocycles. The van der Waals surface area contributed by atoms with Crippen LogP contribution in [0.25, 0.3) is 0 Å². The smallest absolute Gasteiger partial charge is 0.251 e. The summed E-state index contributed by atoms with van der Waals surface area (Å²) in [4.78, 5) is 11.9. The topological polar surface area (TPSA) is 83.8 Å². The number of rotatable bonds is 3. The summed E-state index contributed by atoms with van der Waals surface area (Å²) in [6, 6.07) is 5.36. The minimum atomic E-state index is -0.169. The first-order chi connectivity index (χ1) is 8.56. The van der Waals surface area contributed by atoms with Crippen molar-refractivity contribution < 1.29 is 4.79 Å². The average molecular weight is 374 g/mol. The molecule has 0 unspecified atom stereocenters. The monoisotopic (exact) mass is 372 g/mol. The molecule has 18 heavy (non-hydrogen) atoms. The molecular formula is C11H10Br2N4O. The van der Waals surface area contributed by atoms with Gasteiger partial charge in [-0.15, -0.1) is 0 Å². The van der Waals surface area contributed by atoms with Crippen LogP contribution in [0, 0.1) is 0 Å². The van der Waals surface area contributed by atoms with Gasteiger partial charge in [0.25, 0.3) is 5.91 Å². The van der Waals surface area contributed by atoms with Gasteiger partial charge in [0.2, 0.25) is 0 Å². The lowest BCUT2D eigenvalue weighted by atomic mass is 10.2. The lowest BCUT2D eigenvalue weighted by Crippen LogP contribution is -2.23. The fraction of sp³-hybridized carbons (Fsp3) is 0.0909. The molecule has 0 saturated carbocycles. The van der Waals surface area contributed by atoms with Crippen molar-refractivity contribution in [2.75, 3.05) is 5.73 Å². The zero-order valence-electron chi connectivity index (χ0n) is 9.21. The maximum atomic E-state index is 11.9. The van der Waals surface area contributed by atoms with Gasteiger partial charge in [0.15, 0.2) is 0 Å². The number of nitrogens with zero attached hydrogens (tertiary/aromatic N) is 1. The highest BCUT2D eigenvalue weighted by Crippen LogP contribution is 2.20. The Morgan fingerprint density at radius 3 is 2.56 bits per heavy atom. The lowest BCUT2D eigenvalue weighted by molar-refractivity contribution is 0.0951. The number of carbonyl (C=O) groups excluding carboxylic acids is 1. The molecule has 0 bridgehead atoms. The Morgan fingerprint density at radius 2 is 2.00 bits per heavy atom. The molecule has 1 aromatic heterocycles. The van der Waals surface area contributed by atoms with E-state index in [1.54, 1.807) is 18.3 Å². The summed E-state index contributed by atoms with van der Waals surface area (Å²) < 4.78 is 1.68. The van der Waals surface area contributed by atoms with Gasteiger partial charge < -0.3 is 11.1 Å². The number of carbonyl (C=O) groups is 1. The highest BCUT2D eigenvalue weighted by Gasteiger charge is 2.08. The first-order valence-corrected chi connectivity index (χ1v) is 6.67. The number of anilines is 1. The van der Waals surface area contributed by atoms with Crippen molar-refractivity contribution in [3.8, 4) is 0 Å². The van der Waals surface area contributed by atoms with Crippen molar-refractivity contribution in [2.45, 2.75) is 6.54 Å². The van der Waals surface area contributed by atoms with Crippen LogP contribution in [0.1, 0.15) is 15.9 Å². The molecule has 2 aromatic rings. The lowest BCUT2D eigenvalue weighted by Gasteiger charge is -2.05. The molecule has 0 spiro atoms. The van der Waals surface area contributed by atoms with E-state index in [0.29, 0.717) is 17.9 Å². The van der Waals surface area contributed by atoms with E-state index in [9.17, 15) is 4.79 Å². The summed E-state index contributed by atoms with van der Waals surface area (Å²) >= 11 is 6.68. The highest BCUT2D eigenvalue weighted by molar-refractivity contribution is 9.11. The predicted molar refractivity (Wildman–Crippen MR) is 76.0 cm³/mol. The Balaban J connectivity index is 2.06. The van der Waals surface area contributed by atoms with E-state index in [1.165, 1.54) is 0 Å². The van der Waals surface area contributed by atoms with E-state index < -0.39 is 0 Å². The van der Waals surface area contributed by atoms with E-state index in [2.05, 4.69) is 47.4 Å². The fourth-order valence-corrected chi connectivity index (χ4v) is 2.72. The maximum Gasteiger partial charge on any atom is 0.251 e. The van der Waals surface area contributed by atoms with Crippen LogP contribution >= 0.6 is 31.9 Å². The molecule has 0 aliphatic rings. The van der Waals surface area contributed by atoms with Crippen LogP contribution < -0.4 is 11.1 Å². The van der Waals surface area contributed by atoms with Crippen LogP contribution in [0.15, 0.2) is 33.3 Å². The van der Waals surface area contributed by atoms with Gasteiger partial charge in [0, 0.05) is 26.6 Å². The second-order valence-electron chi connectivity index (χ2n) is 3.65. The molecule has 0 aliphatic heterocycles. The molecule has 5 nitrogen and oxygen atoms in total. The number of hydrogen-bond donors (Lipinski definition) is 3. The van der Waals surface area contributed by atoms with Gasteiger partial charge in [-0.25, -0.2) is 0 Å². The van der Waals surface area contributed by atoms with E-state index >= 15 is 0 Å². The molecule has 0 radical (unpaired) electrons. The number of aromatic amines is 1. The average Bonchev–Trinajstić information content (AvgIpc) is 2.70. The quantitative estimate of drug-likeness (QED) is 0.772. The molecule has 0 fully saturated rings. The van der Waals surface area contributed by atoms with E-state index in [4.69, 9.17) is 5.73 Å². The number of aromatic nitrogens is 2. The summed E-state index contributed by atoms with van der Waals surface area (Å²) in [7, 11) is 0. The second kappa shape index (κ2) is 5.53. The number of nitrogen functional groups attached to an aromatic ring is 1. The molecule has 1 amide bonds. The third-order valence-corrected chi connectivity index (χ3v) is 3.23. The largest absolute Gasteiger partial charge is 0.384 e. The molecule has 1 aromatic carbocycles. The third kappa shape index (κ3) is 3.11. The van der Waals surface area contributed by atoms with Crippen LogP contribution in [0.3, 0.4) is 0 Å². The van der Waals surface area contributed by atoms with Crippen LogP contribution in [-0.2, 0) is 6.54 Å². The van der Waals surface area contributed by atoms with Gasteiger partial charge in [0.05, 0.1) is 6.20 Å². The van der Waals surface area contributed by atoms with Crippen molar-refractivity contribution in [3.63, 3.8) is 0 Å². The molecular weight excluding hydrogens is 364 g/mol. The first kappa shape index (κ1) is 13.1. The molecule has 0 atom stereocenters.